The van der Waals surface area contributed by atoms with Crippen molar-refractivity contribution < 1.29 is 9.59 Å². The fourth-order valence-electron chi connectivity index (χ4n) is 1.51. The number of hydrogen-bond donors (Lipinski definition) is 1. The Kier molecular flexibility index (Phi) is 2.93. The van der Waals surface area contributed by atoms with Crippen LogP contribution in [0.4, 0.5) is 5.82 Å². The first kappa shape index (κ1) is 11.4. The molecule has 2 heterocycles. The Morgan fingerprint density at radius 1 is 1.35 bits per heavy atom. The van der Waals surface area contributed by atoms with E-state index in [2.05, 4.69) is 10.3 Å². The van der Waals surface area contributed by atoms with Crippen LogP contribution in [0.5, 0.6) is 0 Å². The van der Waals surface area contributed by atoms with Crippen molar-refractivity contribution in [2.24, 2.45) is 0 Å². The molecule has 1 aromatic heterocycles. The first-order valence-electron chi connectivity index (χ1n) is 4.74. The van der Waals surface area contributed by atoms with Gasteiger partial charge in [-0.2, -0.15) is 5.26 Å². The maximum Gasteiger partial charge on any atom is 0.246 e. The van der Waals surface area contributed by atoms with Gasteiger partial charge in [0.25, 0.3) is 0 Å². The van der Waals surface area contributed by atoms with Crippen LogP contribution in [0.25, 0.3) is 0 Å². The fraction of sp³-hybridized carbons (Fsp3) is 0.200. The van der Waals surface area contributed by atoms with Gasteiger partial charge in [-0.15, -0.1) is 0 Å². The molecular formula is C10H7ClN4O2. The van der Waals surface area contributed by atoms with Gasteiger partial charge < -0.3 is 4.90 Å². The lowest BCUT2D eigenvalue weighted by atomic mass is 10.2. The number of nitrogens with one attached hydrogen (secondary N) is 1. The minimum atomic E-state index is -0.401. The molecule has 2 rings (SSSR count). The number of piperazine rings is 1. The third-order valence-corrected chi connectivity index (χ3v) is 2.38. The lowest BCUT2D eigenvalue weighted by molar-refractivity contribution is -0.130. The van der Waals surface area contributed by atoms with Crippen LogP contribution in [0.3, 0.4) is 0 Å². The van der Waals surface area contributed by atoms with E-state index in [1.54, 1.807) is 0 Å². The van der Waals surface area contributed by atoms with E-state index in [1.807, 2.05) is 6.07 Å². The molecule has 7 heteroatoms. The molecule has 1 N–H and O–H groups in total. The van der Waals surface area contributed by atoms with Gasteiger partial charge in [-0.05, 0) is 12.1 Å². The number of carbonyl (C=O) groups excluding carboxylic acids is 2. The molecule has 0 unspecified atom stereocenters. The van der Waals surface area contributed by atoms with Gasteiger partial charge in [-0.1, -0.05) is 11.6 Å². The van der Waals surface area contributed by atoms with Crippen molar-refractivity contribution in [2.45, 2.75) is 0 Å². The molecule has 1 fully saturated rings. The van der Waals surface area contributed by atoms with Crippen LogP contribution in [-0.2, 0) is 9.59 Å². The quantitative estimate of drug-likeness (QED) is 0.563. The Morgan fingerprint density at radius 3 is 2.59 bits per heavy atom. The number of imide groups is 1. The summed E-state index contributed by atoms with van der Waals surface area (Å²) in [4.78, 5) is 27.8. The SMILES string of the molecule is N#Cc1cc(Cl)nc(N2CC(=O)NC(=O)C2)c1. The van der Waals surface area contributed by atoms with Gasteiger partial charge >= 0.3 is 0 Å². The second-order valence-electron chi connectivity index (χ2n) is 3.48. The normalized spacial score (nSPS) is 15.4. The number of carbonyl (C=O) groups is 2. The number of aromatic nitrogens is 1. The Bertz CT molecular complexity index is 522. The summed E-state index contributed by atoms with van der Waals surface area (Å²) in [6.07, 6.45) is 0. The molecule has 0 bridgehead atoms. The molecule has 1 aliphatic heterocycles. The molecular weight excluding hydrogens is 244 g/mol. The van der Waals surface area contributed by atoms with Crippen molar-refractivity contribution in [3.8, 4) is 6.07 Å². The van der Waals surface area contributed by atoms with Gasteiger partial charge in [-0.3, -0.25) is 14.9 Å². The number of nitrogens with zero attached hydrogens (tertiary/aromatic N) is 3. The average Bonchev–Trinajstić information content (AvgIpc) is 2.26. The summed E-state index contributed by atoms with van der Waals surface area (Å²) < 4.78 is 0. The molecule has 86 valence electrons. The second-order valence-corrected chi connectivity index (χ2v) is 3.86. The minimum Gasteiger partial charge on any atom is -0.338 e. The maximum absolute atomic E-state index is 11.2. The van der Waals surface area contributed by atoms with Crippen LogP contribution < -0.4 is 10.2 Å². The number of nitriles is 1. The van der Waals surface area contributed by atoms with Crippen LogP contribution in [0.2, 0.25) is 5.15 Å². The highest BCUT2D eigenvalue weighted by atomic mass is 35.5. The summed E-state index contributed by atoms with van der Waals surface area (Å²) in [6, 6.07) is 4.83. The zero-order valence-electron chi connectivity index (χ0n) is 8.61. The van der Waals surface area contributed by atoms with E-state index < -0.39 is 11.8 Å². The zero-order chi connectivity index (χ0) is 12.4. The van der Waals surface area contributed by atoms with Crippen molar-refractivity contribution in [3.05, 3.63) is 22.8 Å². The highest BCUT2D eigenvalue weighted by molar-refractivity contribution is 6.29. The Hall–Kier alpha value is -2.13. The molecule has 1 saturated heterocycles. The molecule has 6 nitrogen and oxygen atoms in total. The van der Waals surface area contributed by atoms with E-state index in [4.69, 9.17) is 16.9 Å². The number of anilines is 1. The van der Waals surface area contributed by atoms with E-state index in [9.17, 15) is 9.59 Å². The van der Waals surface area contributed by atoms with Crippen LogP contribution in [-0.4, -0.2) is 29.9 Å². The number of rotatable bonds is 1. The standard InChI is InChI=1S/C10H7ClN4O2/c11-7-1-6(3-12)2-8(13-7)15-4-9(16)14-10(17)5-15/h1-2H,4-5H2,(H,14,16,17). The van der Waals surface area contributed by atoms with E-state index in [0.717, 1.165) is 0 Å². The Labute approximate surface area is 102 Å². The first-order chi connectivity index (χ1) is 8.08. The van der Waals surface area contributed by atoms with Gasteiger partial charge in [-0.25, -0.2) is 4.98 Å². The third-order valence-electron chi connectivity index (χ3n) is 2.18. The van der Waals surface area contributed by atoms with Crippen LogP contribution in [0.1, 0.15) is 5.56 Å². The van der Waals surface area contributed by atoms with Gasteiger partial charge in [0.05, 0.1) is 24.7 Å². The molecule has 0 spiro atoms. The zero-order valence-corrected chi connectivity index (χ0v) is 9.36. The first-order valence-corrected chi connectivity index (χ1v) is 5.11. The third kappa shape index (κ3) is 2.52. The predicted octanol–water partition coefficient (Wildman–Crippen LogP) is 0.0695. The maximum atomic E-state index is 11.2. The van der Waals surface area contributed by atoms with E-state index in [-0.39, 0.29) is 18.2 Å². The topological polar surface area (TPSA) is 86.1 Å². The van der Waals surface area contributed by atoms with Gasteiger partial charge in [0, 0.05) is 0 Å². The molecule has 0 aromatic carbocycles. The lowest BCUT2D eigenvalue weighted by Crippen LogP contribution is -2.51. The van der Waals surface area contributed by atoms with Crippen molar-refractivity contribution in [1.82, 2.24) is 10.3 Å². The van der Waals surface area contributed by atoms with Gasteiger partial charge in [0.2, 0.25) is 11.8 Å². The summed E-state index contributed by atoms with van der Waals surface area (Å²) in [7, 11) is 0. The highest BCUT2D eigenvalue weighted by Crippen LogP contribution is 2.18. The number of pyridine rings is 1. The molecule has 0 aliphatic carbocycles. The van der Waals surface area contributed by atoms with Crippen molar-refractivity contribution >= 4 is 29.2 Å². The predicted molar refractivity (Wildman–Crippen MR) is 59.3 cm³/mol. The van der Waals surface area contributed by atoms with Crippen molar-refractivity contribution in [2.75, 3.05) is 18.0 Å². The van der Waals surface area contributed by atoms with E-state index in [1.165, 1.54) is 17.0 Å². The number of halogens is 1. The molecule has 0 radical (unpaired) electrons. The minimum absolute atomic E-state index is 0.0178. The highest BCUT2D eigenvalue weighted by Gasteiger charge is 2.23. The van der Waals surface area contributed by atoms with Crippen LogP contribution >= 0.6 is 11.6 Å². The summed E-state index contributed by atoms with van der Waals surface area (Å²) >= 11 is 5.75. The summed E-state index contributed by atoms with van der Waals surface area (Å²) in [5.41, 5.74) is 0.332. The number of amides is 2. The lowest BCUT2D eigenvalue weighted by Gasteiger charge is -2.26. The van der Waals surface area contributed by atoms with E-state index in [0.29, 0.717) is 11.4 Å². The summed E-state index contributed by atoms with van der Waals surface area (Å²) in [5, 5.41) is 11.1. The van der Waals surface area contributed by atoms with Gasteiger partial charge in [0.15, 0.2) is 0 Å². The summed E-state index contributed by atoms with van der Waals surface area (Å²) in [6.45, 7) is 0.0356. The molecule has 17 heavy (non-hydrogen) atoms. The average molecular weight is 251 g/mol. The molecule has 1 aliphatic rings. The van der Waals surface area contributed by atoms with Gasteiger partial charge in [0.1, 0.15) is 11.0 Å². The van der Waals surface area contributed by atoms with E-state index >= 15 is 0 Å². The Balaban J connectivity index is 2.33. The second kappa shape index (κ2) is 4.39. The van der Waals surface area contributed by atoms with Crippen molar-refractivity contribution in [3.63, 3.8) is 0 Å². The molecule has 2 amide bonds. The monoisotopic (exact) mass is 250 g/mol. The smallest absolute Gasteiger partial charge is 0.246 e. The van der Waals surface area contributed by atoms with Crippen LogP contribution in [0, 0.1) is 11.3 Å². The summed E-state index contributed by atoms with van der Waals surface area (Å²) in [5.74, 6) is -0.458. The molecule has 0 saturated carbocycles. The fourth-order valence-corrected chi connectivity index (χ4v) is 1.71. The number of hydrogen-bond acceptors (Lipinski definition) is 5. The molecule has 0 atom stereocenters. The largest absolute Gasteiger partial charge is 0.338 e. The van der Waals surface area contributed by atoms with Crippen LogP contribution in [0.15, 0.2) is 12.1 Å². The molecule has 1 aromatic rings. The van der Waals surface area contributed by atoms with Crippen molar-refractivity contribution in [1.29, 1.82) is 5.26 Å². The Morgan fingerprint density at radius 2 is 2.00 bits per heavy atom.